The fourth-order valence-electron chi connectivity index (χ4n) is 5.28. The van der Waals surface area contributed by atoms with E-state index in [0.717, 1.165) is 0 Å². The first-order valence-electron chi connectivity index (χ1n) is 11.1. The molecule has 0 heterocycles. The summed E-state index contributed by atoms with van der Waals surface area (Å²) in [4.78, 5) is 4.30. The topological polar surface area (TPSA) is 12.0 Å². The zero-order valence-electron chi connectivity index (χ0n) is 17.9. The van der Waals surface area contributed by atoms with Crippen LogP contribution in [0.25, 0.3) is 0 Å². The Morgan fingerprint density at radius 2 is 1.04 bits per heavy atom. The normalized spacial score (nSPS) is 12.1. The lowest BCUT2D eigenvalue weighted by atomic mass is 10.3. The Hall–Kier alpha value is -1.33. The number of nitrogens with one attached hydrogen (secondary N) is 1. The number of hydrogen-bond acceptors (Lipinski definition) is 1. The average Bonchev–Trinajstić information content (AvgIpc) is 2.69. The van der Waals surface area contributed by atoms with E-state index in [2.05, 4.69) is 93.3 Å². The standard InChI is InChI=1S/C24H39NSi2/c1-5-19-26(20-6-2,24-17-13-10-14-18-24)27(21-7-3,22-8-4)25-23-15-11-9-12-16-23/h9-18,25H,5-8,19-22H2,1-4H3. The summed E-state index contributed by atoms with van der Waals surface area (Å²) < 4.78 is 0. The summed E-state index contributed by atoms with van der Waals surface area (Å²) >= 11 is 0. The lowest BCUT2D eigenvalue weighted by molar-refractivity contribution is 0.963. The molecule has 0 spiro atoms. The largest absolute Gasteiger partial charge is 0.412 e. The Morgan fingerprint density at radius 1 is 0.593 bits per heavy atom. The van der Waals surface area contributed by atoms with E-state index in [9.17, 15) is 0 Å². The molecule has 1 nitrogen and oxygen atoms in total. The van der Waals surface area contributed by atoms with Gasteiger partial charge in [0.05, 0.1) is 0 Å². The van der Waals surface area contributed by atoms with Gasteiger partial charge in [-0.05, 0) is 24.2 Å². The van der Waals surface area contributed by atoms with E-state index in [4.69, 9.17) is 0 Å². The van der Waals surface area contributed by atoms with Gasteiger partial charge < -0.3 is 4.98 Å². The van der Waals surface area contributed by atoms with E-state index in [1.165, 1.54) is 55.5 Å². The summed E-state index contributed by atoms with van der Waals surface area (Å²) in [5.41, 5.74) is 1.35. The van der Waals surface area contributed by atoms with Crippen molar-refractivity contribution in [3.8, 4) is 0 Å². The Balaban J connectivity index is 2.66. The molecule has 2 aromatic rings. The molecule has 0 saturated heterocycles. The van der Waals surface area contributed by atoms with Gasteiger partial charge in [0.1, 0.15) is 15.3 Å². The molecular formula is C24H39NSi2. The maximum absolute atomic E-state index is 4.30. The molecule has 2 aromatic carbocycles. The van der Waals surface area contributed by atoms with Gasteiger partial charge in [-0.2, -0.15) is 0 Å². The maximum Gasteiger partial charge on any atom is 0.147 e. The Morgan fingerprint density at radius 3 is 1.48 bits per heavy atom. The van der Waals surface area contributed by atoms with Crippen LogP contribution in [0.15, 0.2) is 60.7 Å². The van der Waals surface area contributed by atoms with E-state index < -0.39 is 15.3 Å². The fourth-order valence-corrected chi connectivity index (χ4v) is 26.3. The molecule has 0 aliphatic rings. The van der Waals surface area contributed by atoms with Crippen LogP contribution < -0.4 is 10.2 Å². The molecule has 0 radical (unpaired) electrons. The Kier molecular flexibility index (Phi) is 8.84. The third-order valence-corrected chi connectivity index (χ3v) is 25.3. The van der Waals surface area contributed by atoms with Crippen molar-refractivity contribution < 1.29 is 0 Å². The van der Waals surface area contributed by atoms with Crippen molar-refractivity contribution in [3.05, 3.63) is 60.7 Å². The molecule has 0 unspecified atom stereocenters. The van der Waals surface area contributed by atoms with Gasteiger partial charge in [-0.3, -0.25) is 0 Å². The van der Waals surface area contributed by atoms with Crippen molar-refractivity contribution in [3.63, 3.8) is 0 Å². The average molecular weight is 398 g/mol. The highest BCUT2D eigenvalue weighted by Crippen LogP contribution is 2.38. The van der Waals surface area contributed by atoms with Crippen LogP contribution in [-0.2, 0) is 0 Å². The van der Waals surface area contributed by atoms with Gasteiger partial charge in [0, 0.05) is 5.69 Å². The van der Waals surface area contributed by atoms with Crippen molar-refractivity contribution in [2.45, 2.75) is 77.6 Å². The second kappa shape index (κ2) is 10.9. The van der Waals surface area contributed by atoms with Crippen LogP contribution in [0, 0.1) is 0 Å². The smallest absolute Gasteiger partial charge is 0.147 e. The van der Waals surface area contributed by atoms with Crippen LogP contribution in [0.1, 0.15) is 53.4 Å². The second-order valence-corrected chi connectivity index (χ2v) is 20.9. The Bertz CT molecular complexity index is 630. The van der Waals surface area contributed by atoms with Crippen molar-refractivity contribution in [1.29, 1.82) is 0 Å². The molecule has 1 N–H and O–H groups in total. The monoisotopic (exact) mass is 397 g/mol. The first-order chi connectivity index (χ1) is 13.2. The third-order valence-electron chi connectivity index (χ3n) is 6.11. The van der Waals surface area contributed by atoms with E-state index in [1.807, 2.05) is 0 Å². The third kappa shape index (κ3) is 4.94. The van der Waals surface area contributed by atoms with E-state index in [0.29, 0.717) is 0 Å². The predicted octanol–water partition coefficient (Wildman–Crippen LogP) is 7.12. The highest BCUT2D eigenvalue weighted by molar-refractivity contribution is 7.48. The summed E-state index contributed by atoms with van der Waals surface area (Å²) in [6.45, 7) is 9.60. The highest BCUT2D eigenvalue weighted by atomic mass is 29.3. The number of benzene rings is 2. The minimum absolute atomic E-state index is 1.29. The molecular weight excluding hydrogens is 358 g/mol. The van der Waals surface area contributed by atoms with Gasteiger partial charge in [0.15, 0.2) is 0 Å². The molecule has 0 atom stereocenters. The molecule has 0 saturated carbocycles. The molecule has 2 rings (SSSR count). The molecule has 148 valence electrons. The van der Waals surface area contributed by atoms with E-state index in [-0.39, 0.29) is 0 Å². The van der Waals surface area contributed by atoms with Gasteiger partial charge in [0.2, 0.25) is 0 Å². The Labute approximate surface area is 169 Å². The summed E-state index contributed by atoms with van der Waals surface area (Å²) in [6.07, 6.45) is 5.20. The fraction of sp³-hybridized carbons (Fsp3) is 0.500. The van der Waals surface area contributed by atoms with Crippen LogP contribution in [0.4, 0.5) is 5.69 Å². The van der Waals surface area contributed by atoms with Crippen LogP contribution in [0.2, 0.25) is 24.2 Å². The predicted molar refractivity (Wildman–Crippen MR) is 128 cm³/mol. The maximum atomic E-state index is 4.30. The lowest BCUT2D eigenvalue weighted by Gasteiger charge is -2.50. The summed E-state index contributed by atoms with van der Waals surface area (Å²) in [5.74, 6) is 0. The molecule has 0 bridgehead atoms. The van der Waals surface area contributed by atoms with Crippen molar-refractivity contribution in [2.24, 2.45) is 0 Å². The molecule has 0 aromatic heterocycles. The first-order valence-corrected chi connectivity index (χ1v) is 16.9. The number of rotatable bonds is 12. The van der Waals surface area contributed by atoms with Gasteiger partial charge in [-0.25, -0.2) is 0 Å². The quantitative estimate of drug-likeness (QED) is 0.376. The molecule has 3 heteroatoms. The molecule has 0 aliphatic heterocycles. The molecule has 0 amide bonds. The SMILES string of the molecule is CCC[Si](CCC)(Nc1ccccc1)[Si](CCC)(CCC)c1ccccc1. The van der Waals surface area contributed by atoms with Gasteiger partial charge in [0.25, 0.3) is 0 Å². The molecule has 27 heavy (non-hydrogen) atoms. The van der Waals surface area contributed by atoms with Crippen molar-refractivity contribution in [2.75, 3.05) is 4.98 Å². The van der Waals surface area contributed by atoms with Crippen LogP contribution in [0.3, 0.4) is 0 Å². The summed E-state index contributed by atoms with van der Waals surface area (Å²) in [5, 5.41) is 1.71. The van der Waals surface area contributed by atoms with E-state index in [1.54, 1.807) is 5.19 Å². The van der Waals surface area contributed by atoms with Gasteiger partial charge in [-0.15, -0.1) is 0 Å². The summed E-state index contributed by atoms with van der Waals surface area (Å²) in [6, 6.07) is 28.4. The molecule has 0 aliphatic carbocycles. The van der Waals surface area contributed by atoms with Crippen molar-refractivity contribution >= 4 is 26.2 Å². The van der Waals surface area contributed by atoms with E-state index >= 15 is 0 Å². The number of hydrogen-bond donors (Lipinski definition) is 1. The van der Waals surface area contributed by atoms with Crippen molar-refractivity contribution in [1.82, 2.24) is 0 Å². The second-order valence-electron chi connectivity index (χ2n) is 8.02. The number of para-hydroxylation sites is 1. The van der Waals surface area contributed by atoms with Crippen LogP contribution in [-0.4, -0.2) is 15.3 Å². The minimum Gasteiger partial charge on any atom is -0.412 e. The lowest BCUT2D eigenvalue weighted by Crippen LogP contribution is -2.73. The summed E-state index contributed by atoms with van der Waals surface area (Å²) in [7, 11) is -3.36. The molecule has 0 fully saturated rings. The van der Waals surface area contributed by atoms with Gasteiger partial charge >= 0.3 is 0 Å². The zero-order valence-corrected chi connectivity index (χ0v) is 19.9. The number of anilines is 1. The minimum atomic E-state index is -1.71. The van der Waals surface area contributed by atoms with Crippen LogP contribution >= 0.6 is 0 Å². The highest BCUT2D eigenvalue weighted by Gasteiger charge is 2.54. The van der Waals surface area contributed by atoms with Gasteiger partial charge in [-0.1, -0.05) is 119 Å². The first kappa shape index (κ1) is 22.0. The zero-order chi connectivity index (χ0) is 19.6. The van der Waals surface area contributed by atoms with Crippen LogP contribution in [0.5, 0.6) is 0 Å².